The van der Waals surface area contributed by atoms with Crippen LogP contribution < -0.4 is 0 Å². The highest BCUT2D eigenvalue weighted by Gasteiger charge is 2.50. The van der Waals surface area contributed by atoms with E-state index in [0.29, 0.717) is 39.3 Å². The fourth-order valence-electron chi connectivity index (χ4n) is 5.77. The van der Waals surface area contributed by atoms with Crippen LogP contribution in [0.3, 0.4) is 0 Å². The van der Waals surface area contributed by atoms with Gasteiger partial charge in [-0.05, 0) is 70.6 Å². The number of halogens is 2. The molecule has 184 valence electrons. The Morgan fingerprint density at radius 2 is 1.92 bits per heavy atom. The molecule has 7 rings (SSSR count). The Morgan fingerprint density at radius 1 is 1.08 bits per heavy atom. The van der Waals surface area contributed by atoms with Gasteiger partial charge in [-0.15, -0.1) is 0 Å². The first-order chi connectivity index (χ1) is 17.4. The highest BCUT2D eigenvalue weighted by atomic mass is 35.5. The van der Waals surface area contributed by atoms with E-state index in [0.717, 1.165) is 42.6 Å². The van der Waals surface area contributed by atoms with E-state index < -0.39 is 5.82 Å². The molecule has 1 aliphatic carbocycles. The van der Waals surface area contributed by atoms with Crippen LogP contribution in [0.15, 0.2) is 30.6 Å². The molecule has 5 heterocycles. The monoisotopic (exact) mass is 504 g/mol. The number of benzene rings is 1. The average molecular weight is 505 g/mol. The summed E-state index contributed by atoms with van der Waals surface area (Å²) in [6.07, 6.45) is 10.2. The van der Waals surface area contributed by atoms with Crippen LogP contribution in [0.25, 0.3) is 22.4 Å². The maximum Gasteiger partial charge on any atom is 0.182 e. The minimum Gasteiger partial charge on any atom is -0.367 e. The van der Waals surface area contributed by atoms with Crippen LogP contribution in [0.2, 0.25) is 5.02 Å². The van der Waals surface area contributed by atoms with Gasteiger partial charge in [0.1, 0.15) is 22.9 Å². The Kier molecular flexibility index (Phi) is 4.95. The number of ether oxygens (including phenoxy) is 1. The summed E-state index contributed by atoms with van der Waals surface area (Å²) in [5.74, 6) is 0.278. The lowest BCUT2D eigenvalue weighted by Crippen LogP contribution is -2.34. The molecule has 2 saturated heterocycles. The minimum atomic E-state index is -0.440. The summed E-state index contributed by atoms with van der Waals surface area (Å²) in [6.45, 7) is 3.80. The molecule has 3 atom stereocenters. The van der Waals surface area contributed by atoms with Crippen LogP contribution in [0, 0.1) is 19.7 Å². The summed E-state index contributed by atoms with van der Waals surface area (Å²) < 4.78 is 23.8. The van der Waals surface area contributed by atoms with Crippen molar-refractivity contribution in [2.24, 2.45) is 0 Å². The lowest BCUT2D eigenvalue weighted by atomic mass is 9.82. The molecule has 4 aromatic rings. The lowest BCUT2D eigenvalue weighted by molar-refractivity contribution is -0.0903. The van der Waals surface area contributed by atoms with Crippen molar-refractivity contribution < 1.29 is 9.13 Å². The molecule has 0 spiro atoms. The van der Waals surface area contributed by atoms with E-state index in [1.165, 1.54) is 18.9 Å². The lowest BCUT2D eigenvalue weighted by Gasteiger charge is -2.37. The molecule has 0 radical (unpaired) electrons. The zero-order valence-corrected chi connectivity index (χ0v) is 21.0. The molecule has 2 aliphatic heterocycles. The molecular formula is C27H26ClFN6O. The van der Waals surface area contributed by atoms with Gasteiger partial charge in [-0.25, -0.2) is 24.3 Å². The number of hydrogen-bond donors (Lipinski definition) is 0. The van der Waals surface area contributed by atoms with Crippen LogP contribution in [-0.4, -0.2) is 35.8 Å². The largest absolute Gasteiger partial charge is 0.367 e. The summed E-state index contributed by atoms with van der Waals surface area (Å²) in [7, 11) is 0. The number of nitrogens with zero attached hydrogens (tertiary/aromatic N) is 6. The van der Waals surface area contributed by atoms with Gasteiger partial charge in [-0.1, -0.05) is 11.6 Å². The van der Waals surface area contributed by atoms with Gasteiger partial charge in [-0.3, -0.25) is 4.68 Å². The molecule has 0 N–H and O–H groups in total. The van der Waals surface area contributed by atoms with Crippen LogP contribution in [-0.2, 0) is 10.3 Å². The second kappa shape index (κ2) is 8.02. The third kappa shape index (κ3) is 3.61. The first-order valence-electron chi connectivity index (χ1n) is 12.6. The molecule has 0 amide bonds. The molecule has 3 fully saturated rings. The van der Waals surface area contributed by atoms with Crippen molar-refractivity contribution in [3.8, 4) is 11.3 Å². The quantitative estimate of drug-likeness (QED) is 0.340. The summed E-state index contributed by atoms with van der Waals surface area (Å²) in [5, 5.41) is 4.96. The first-order valence-corrected chi connectivity index (χ1v) is 13.0. The van der Waals surface area contributed by atoms with Crippen molar-refractivity contribution in [1.29, 1.82) is 0 Å². The van der Waals surface area contributed by atoms with Gasteiger partial charge in [0, 0.05) is 28.3 Å². The Labute approximate surface area is 213 Å². The average Bonchev–Trinajstić information content (AvgIpc) is 3.49. The molecule has 36 heavy (non-hydrogen) atoms. The Morgan fingerprint density at radius 3 is 2.72 bits per heavy atom. The van der Waals surface area contributed by atoms with Gasteiger partial charge in [0.2, 0.25) is 0 Å². The smallest absolute Gasteiger partial charge is 0.182 e. The molecule has 1 unspecified atom stereocenters. The molecule has 9 heteroatoms. The second-order valence-corrected chi connectivity index (χ2v) is 10.9. The molecule has 3 aliphatic rings. The standard InChI is InChI=1S/C27H26ClFN6O/c1-14-15(2)32-26-24(31-14)23(21-6-3-18(28)10-22(21)29)33-25(34-26)16-9-20-7-8-27(11-16,36-20)17-12-30-35(13-17)19-4-5-19/h3,6,10,12-13,16,19-20H,4-5,7-9,11H2,1-2H3/t16-,20?,27-/m1/s1. The Hall–Kier alpha value is -2.97. The molecule has 2 bridgehead atoms. The zero-order chi connectivity index (χ0) is 24.6. The van der Waals surface area contributed by atoms with Crippen molar-refractivity contribution in [1.82, 2.24) is 29.7 Å². The van der Waals surface area contributed by atoms with Crippen molar-refractivity contribution in [3.63, 3.8) is 0 Å². The molecule has 1 aromatic carbocycles. The van der Waals surface area contributed by atoms with E-state index >= 15 is 4.39 Å². The van der Waals surface area contributed by atoms with Crippen LogP contribution in [0.4, 0.5) is 4.39 Å². The summed E-state index contributed by atoms with van der Waals surface area (Å²) in [4.78, 5) is 19.3. The summed E-state index contributed by atoms with van der Waals surface area (Å²) >= 11 is 6.04. The Bertz CT molecular complexity index is 1520. The summed E-state index contributed by atoms with van der Waals surface area (Å²) in [5.41, 5.74) is 4.10. The highest BCUT2D eigenvalue weighted by molar-refractivity contribution is 6.30. The topological polar surface area (TPSA) is 78.6 Å². The van der Waals surface area contributed by atoms with Crippen LogP contribution in [0.5, 0.6) is 0 Å². The number of hydrogen-bond acceptors (Lipinski definition) is 6. The summed E-state index contributed by atoms with van der Waals surface area (Å²) in [6, 6.07) is 5.16. The van der Waals surface area contributed by atoms with E-state index in [1.807, 2.05) is 20.0 Å². The second-order valence-electron chi connectivity index (χ2n) is 10.5. The number of aryl methyl sites for hydroxylation is 2. The molecule has 3 aromatic heterocycles. The van der Waals surface area contributed by atoms with E-state index in [9.17, 15) is 0 Å². The third-order valence-corrected chi connectivity index (χ3v) is 8.18. The molecule has 1 saturated carbocycles. The first kappa shape index (κ1) is 22.2. The number of fused-ring (bicyclic) bond motifs is 3. The SMILES string of the molecule is Cc1nc2nc([C@@H]3CC4CC[C@](c5cnn(C6CC6)c5)(C3)O4)nc(-c3ccc(Cl)cc3F)c2nc1C. The molecule has 7 nitrogen and oxygen atoms in total. The molecular weight excluding hydrogens is 479 g/mol. The maximum absolute atomic E-state index is 15.1. The third-order valence-electron chi connectivity index (χ3n) is 7.95. The van der Waals surface area contributed by atoms with E-state index in [1.54, 1.807) is 12.1 Å². The van der Waals surface area contributed by atoms with Crippen LogP contribution >= 0.6 is 11.6 Å². The zero-order valence-electron chi connectivity index (χ0n) is 20.2. The van der Waals surface area contributed by atoms with Gasteiger partial charge in [0.25, 0.3) is 0 Å². The van der Waals surface area contributed by atoms with Crippen molar-refractivity contribution in [2.45, 2.75) is 76.0 Å². The minimum absolute atomic E-state index is 0.0532. The van der Waals surface area contributed by atoms with Crippen LogP contribution in [0.1, 0.15) is 73.3 Å². The maximum atomic E-state index is 15.1. The van der Waals surface area contributed by atoms with Crippen molar-refractivity contribution in [3.05, 3.63) is 64.2 Å². The number of aromatic nitrogens is 6. The Balaban J connectivity index is 1.34. The fraction of sp³-hybridized carbons (Fsp3) is 0.444. The van der Waals surface area contributed by atoms with E-state index in [-0.39, 0.29) is 17.6 Å². The predicted molar refractivity (Wildman–Crippen MR) is 133 cm³/mol. The highest BCUT2D eigenvalue weighted by Crippen LogP contribution is 2.53. The number of rotatable bonds is 4. The normalized spacial score (nSPS) is 25.6. The van der Waals surface area contributed by atoms with Gasteiger partial charge >= 0.3 is 0 Å². The van der Waals surface area contributed by atoms with E-state index in [4.69, 9.17) is 36.3 Å². The predicted octanol–water partition coefficient (Wildman–Crippen LogP) is 5.98. The van der Waals surface area contributed by atoms with Gasteiger partial charge in [0.05, 0.1) is 35.3 Å². The fourth-order valence-corrected chi connectivity index (χ4v) is 5.92. The van der Waals surface area contributed by atoms with Gasteiger partial charge < -0.3 is 4.74 Å². The van der Waals surface area contributed by atoms with E-state index in [2.05, 4.69) is 16.0 Å². The van der Waals surface area contributed by atoms with Crippen molar-refractivity contribution in [2.75, 3.05) is 0 Å². The van der Waals surface area contributed by atoms with Crippen molar-refractivity contribution >= 4 is 22.8 Å². The van der Waals surface area contributed by atoms with Gasteiger partial charge in [0.15, 0.2) is 5.65 Å². The van der Waals surface area contributed by atoms with Gasteiger partial charge in [-0.2, -0.15) is 5.10 Å².